The first-order valence-corrected chi connectivity index (χ1v) is 10.0. The van der Waals surface area contributed by atoms with Crippen LogP contribution in [0, 0.1) is 23.0 Å². The summed E-state index contributed by atoms with van der Waals surface area (Å²) in [7, 11) is 0. The molecule has 4 rings (SSSR count). The van der Waals surface area contributed by atoms with Crippen LogP contribution in [0.5, 0.6) is 0 Å². The molecule has 10 nitrogen and oxygen atoms in total. The number of carbonyl (C=O) groups is 1. The number of amides is 1. The van der Waals surface area contributed by atoms with Crippen LogP contribution in [-0.2, 0) is 11.3 Å². The summed E-state index contributed by atoms with van der Waals surface area (Å²) in [6.07, 6.45) is 3.16. The number of rotatable bonds is 6. The highest BCUT2D eigenvalue weighted by molar-refractivity contribution is 5.91. The lowest BCUT2D eigenvalue weighted by Crippen LogP contribution is -2.37. The van der Waals surface area contributed by atoms with Crippen LogP contribution in [0.3, 0.4) is 0 Å². The second-order valence-electron chi connectivity index (χ2n) is 7.57. The van der Waals surface area contributed by atoms with Gasteiger partial charge in [0, 0.05) is 29.8 Å². The van der Waals surface area contributed by atoms with Crippen molar-refractivity contribution in [1.29, 1.82) is 0 Å². The summed E-state index contributed by atoms with van der Waals surface area (Å²) in [5.74, 6) is 1.38. The molecule has 0 aliphatic carbocycles. The van der Waals surface area contributed by atoms with E-state index < -0.39 is 4.92 Å². The molecule has 160 valence electrons. The molecule has 1 aromatic carbocycles. The average molecular weight is 422 g/mol. The van der Waals surface area contributed by atoms with Crippen LogP contribution in [-0.4, -0.2) is 43.9 Å². The molecule has 1 aliphatic heterocycles. The normalized spacial score (nSPS) is 15.0. The van der Waals surface area contributed by atoms with Crippen molar-refractivity contribution in [2.45, 2.75) is 26.3 Å². The molecule has 10 heteroatoms. The Hall–Kier alpha value is -3.66. The summed E-state index contributed by atoms with van der Waals surface area (Å²) in [5.41, 5.74) is 1.71. The van der Waals surface area contributed by atoms with Crippen LogP contribution in [0.4, 0.5) is 11.5 Å². The number of piperidine rings is 1. The van der Waals surface area contributed by atoms with E-state index in [9.17, 15) is 14.9 Å². The lowest BCUT2D eigenvalue weighted by molar-refractivity contribution is -0.384. The molecule has 0 atom stereocenters. The van der Waals surface area contributed by atoms with Gasteiger partial charge >= 0.3 is 0 Å². The molecule has 1 saturated heterocycles. The second-order valence-corrected chi connectivity index (χ2v) is 7.57. The van der Waals surface area contributed by atoms with E-state index in [1.165, 1.54) is 12.1 Å². The first kappa shape index (κ1) is 20.6. The van der Waals surface area contributed by atoms with Gasteiger partial charge in [-0.1, -0.05) is 5.16 Å². The molecule has 1 N–H and O–H groups in total. The molecular formula is C21H22N6O4. The van der Waals surface area contributed by atoms with Gasteiger partial charge in [-0.15, -0.1) is 0 Å². The fourth-order valence-corrected chi connectivity index (χ4v) is 3.55. The Bertz CT molecular complexity index is 1070. The molecule has 3 heterocycles. The first-order valence-electron chi connectivity index (χ1n) is 10.0. The van der Waals surface area contributed by atoms with Crippen LogP contribution in [0.2, 0.25) is 0 Å². The Morgan fingerprint density at radius 3 is 2.68 bits per heavy atom. The Morgan fingerprint density at radius 1 is 1.26 bits per heavy atom. The van der Waals surface area contributed by atoms with Crippen molar-refractivity contribution in [1.82, 2.24) is 20.0 Å². The lowest BCUT2D eigenvalue weighted by Gasteiger charge is -2.30. The summed E-state index contributed by atoms with van der Waals surface area (Å²) < 4.78 is 5.34. The van der Waals surface area contributed by atoms with E-state index in [4.69, 9.17) is 4.52 Å². The van der Waals surface area contributed by atoms with Crippen LogP contribution in [0.15, 0.2) is 47.1 Å². The molecule has 1 amide bonds. The fraction of sp³-hybridized carbons (Fsp3) is 0.333. The number of aromatic nitrogens is 3. The van der Waals surface area contributed by atoms with Crippen LogP contribution in [0.25, 0.3) is 11.4 Å². The van der Waals surface area contributed by atoms with Gasteiger partial charge in [0.15, 0.2) is 0 Å². The van der Waals surface area contributed by atoms with Crippen LogP contribution in [0.1, 0.15) is 24.3 Å². The minimum absolute atomic E-state index is 0.00371. The van der Waals surface area contributed by atoms with E-state index >= 15 is 0 Å². The van der Waals surface area contributed by atoms with Gasteiger partial charge < -0.3 is 9.84 Å². The highest BCUT2D eigenvalue weighted by Crippen LogP contribution is 2.23. The number of likely N-dealkylation sites (tertiary alicyclic amines) is 1. The number of hydrogen-bond acceptors (Lipinski definition) is 8. The third-order valence-electron chi connectivity index (χ3n) is 5.29. The highest BCUT2D eigenvalue weighted by atomic mass is 16.6. The monoisotopic (exact) mass is 422 g/mol. The van der Waals surface area contributed by atoms with E-state index in [2.05, 4.69) is 25.3 Å². The quantitative estimate of drug-likeness (QED) is 0.474. The number of carbonyl (C=O) groups excluding carboxylic acids is 1. The van der Waals surface area contributed by atoms with Crippen molar-refractivity contribution < 1.29 is 14.2 Å². The number of anilines is 1. The number of aryl methyl sites for hydroxylation is 1. The van der Waals surface area contributed by atoms with Crippen molar-refractivity contribution in [3.8, 4) is 11.4 Å². The summed E-state index contributed by atoms with van der Waals surface area (Å²) in [6.45, 7) is 3.94. The number of non-ortho nitro benzene ring substituents is 1. The average Bonchev–Trinajstić information content (AvgIpc) is 3.23. The van der Waals surface area contributed by atoms with E-state index in [1.807, 2.05) is 19.1 Å². The minimum atomic E-state index is -0.452. The van der Waals surface area contributed by atoms with Crippen molar-refractivity contribution >= 4 is 17.4 Å². The van der Waals surface area contributed by atoms with Crippen molar-refractivity contribution in [3.05, 3.63) is 64.2 Å². The smallest absolute Gasteiger partial charge is 0.269 e. The summed E-state index contributed by atoms with van der Waals surface area (Å²) in [4.78, 5) is 33.6. The topological polar surface area (TPSA) is 127 Å². The van der Waals surface area contributed by atoms with E-state index in [0.717, 1.165) is 31.5 Å². The number of pyridine rings is 1. The molecule has 3 aromatic rings. The standard InChI is InChI=1S/C21H22N6O4/c1-14-6-9-22-18(12-14)23-21(28)16-7-10-26(11-8-16)13-19-24-20(25-31-19)15-2-4-17(5-3-15)27(29)30/h2-6,9,12,16H,7-8,10-11,13H2,1H3,(H,22,23,28). The third kappa shape index (κ3) is 5.10. The van der Waals surface area contributed by atoms with Crippen LogP contribution < -0.4 is 5.32 Å². The summed E-state index contributed by atoms with van der Waals surface area (Å²) in [6, 6.07) is 9.75. The zero-order valence-electron chi connectivity index (χ0n) is 17.0. The molecule has 1 fully saturated rings. The molecule has 31 heavy (non-hydrogen) atoms. The Kier molecular flexibility index (Phi) is 5.99. The number of nitro benzene ring substituents is 1. The number of hydrogen-bond donors (Lipinski definition) is 1. The molecule has 0 bridgehead atoms. The Labute approximate surface area is 178 Å². The van der Waals surface area contributed by atoms with Gasteiger partial charge in [0.05, 0.1) is 11.5 Å². The van der Waals surface area contributed by atoms with E-state index in [1.54, 1.807) is 18.3 Å². The number of nitrogens with one attached hydrogen (secondary N) is 1. The van der Waals surface area contributed by atoms with Gasteiger partial charge in [0.25, 0.3) is 5.69 Å². The molecular weight excluding hydrogens is 400 g/mol. The molecule has 0 spiro atoms. The predicted molar refractivity (Wildman–Crippen MR) is 112 cm³/mol. The van der Waals surface area contributed by atoms with E-state index in [0.29, 0.717) is 29.6 Å². The maximum Gasteiger partial charge on any atom is 0.269 e. The Balaban J connectivity index is 1.29. The predicted octanol–water partition coefficient (Wildman–Crippen LogP) is 3.20. The maximum atomic E-state index is 12.5. The van der Waals surface area contributed by atoms with E-state index in [-0.39, 0.29) is 17.5 Å². The highest BCUT2D eigenvalue weighted by Gasteiger charge is 2.26. The molecule has 0 saturated carbocycles. The second kappa shape index (κ2) is 9.00. The largest absolute Gasteiger partial charge is 0.338 e. The molecule has 1 aliphatic rings. The maximum absolute atomic E-state index is 12.5. The van der Waals surface area contributed by atoms with Crippen molar-refractivity contribution in [2.75, 3.05) is 18.4 Å². The Morgan fingerprint density at radius 2 is 2.00 bits per heavy atom. The first-order chi connectivity index (χ1) is 15.0. The zero-order chi connectivity index (χ0) is 21.8. The van der Waals surface area contributed by atoms with Gasteiger partial charge in [-0.3, -0.25) is 19.8 Å². The van der Waals surface area contributed by atoms with Crippen LogP contribution >= 0.6 is 0 Å². The van der Waals surface area contributed by atoms with Crippen molar-refractivity contribution in [2.24, 2.45) is 5.92 Å². The van der Waals surface area contributed by atoms with Gasteiger partial charge in [0.1, 0.15) is 5.82 Å². The fourth-order valence-electron chi connectivity index (χ4n) is 3.55. The molecule has 0 unspecified atom stereocenters. The SMILES string of the molecule is Cc1ccnc(NC(=O)C2CCN(Cc3nc(-c4ccc([N+](=O)[O-])cc4)no3)CC2)c1. The van der Waals surface area contributed by atoms with Gasteiger partial charge in [-0.05, 0) is 62.7 Å². The molecule has 0 radical (unpaired) electrons. The summed E-state index contributed by atoms with van der Waals surface area (Å²) >= 11 is 0. The summed E-state index contributed by atoms with van der Waals surface area (Å²) in [5, 5.41) is 17.6. The lowest BCUT2D eigenvalue weighted by atomic mass is 9.96. The van der Waals surface area contributed by atoms with Gasteiger partial charge in [0.2, 0.25) is 17.6 Å². The van der Waals surface area contributed by atoms with Gasteiger partial charge in [-0.25, -0.2) is 4.98 Å². The minimum Gasteiger partial charge on any atom is -0.338 e. The number of benzene rings is 1. The van der Waals surface area contributed by atoms with Crippen molar-refractivity contribution in [3.63, 3.8) is 0 Å². The third-order valence-corrected chi connectivity index (χ3v) is 5.29. The van der Waals surface area contributed by atoms with Gasteiger partial charge in [-0.2, -0.15) is 4.98 Å². The number of nitro groups is 1. The zero-order valence-corrected chi connectivity index (χ0v) is 17.0. The molecule has 2 aromatic heterocycles. The number of nitrogens with zero attached hydrogens (tertiary/aromatic N) is 5.